The van der Waals surface area contributed by atoms with Crippen molar-refractivity contribution in [1.29, 1.82) is 0 Å². The molecule has 1 aromatic carbocycles. The van der Waals surface area contributed by atoms with E-state index in [9.17, 15) is 18.3 Å². The molecule has 2 aromatic rings. The molecule has 0 fully saturated rings. The van der Waals surface area contributed by atoms with Crippen LogP contribution in [0, 0.1) is 17.8 Å². The zero-order valence-corrected chi connectivity index (χ0v) is 22.2. The Bertz CT molecular complexity index is 1220. The molecule has 0 aliphatic carbocycles. The van der Waals surface area contributed by atoms with Crippen molar-refractivity contribution < 1.29 is 23.1 Å². The summed E-state index contributed by atoms with van der Waals surface area (Å²) in [6, 6.07) is 9.40. The van der Waals surface area contributed by atoms with Crippen molar-refractivity contribution in [3.63, 3.8) is 0 Å². The van der Waals surface area contributed by atoms with E-state index in [-0.39, 0.29) is 47.9 Å². The fourth-order valence-electron chi connectivity index (χ4n) is 3.81. The van der Waals surface area contributed by atoms with Crippen LogP contribution in [0.25, 0.3) is 0 Å². The number of rotatable bonds is 7. The molecule has 36 heavy (non-hydrogen) atoms. The smallest absolute Gasteiger partial charge is 0.259 e. The van der Waals surface area contributed by atoms with Crippen molar-refractivity contribution in [3.8, 4) is 17.7 Å². The predicted octanol–water partition coefficient (Wildman–Crippen LogP) is 1.54. The Hall–Kier alpha value is -2.97. The molecule has 2 heterocycles. The lowest BCUT2D eigenvalue weighted by molar-refractivity contribution is 0.0373. The first-order chi connectivity index (χ1) is 17.0. The quantitative estimate of drug-likeness (QED) is 0.559. The molecule has 1 aliphatic rings. The molecule has 3 atom stereocenters. The minimum absolute atomic E-state index is 0.0550. The van der Waals surface area contributed by atoms with Gasteiger partial charge < -0.3 is 14.7 Å². The van der Waals surface area contributed by atoms with Gasteiger partial charge in [-0.15, -0.1) is 0 Å². The normalized spacial score (nSPS) is 19.1. The Labute approximate surface area is 213 Å². The lowest BCUT2D eigenvalue weighted by Gasteiger charge is -2.37. The number of amides is 1. The Morgan fingerprint density at radius 1 is 1.25 bits per heavy atom. The number of aliphatic hydroxyl groups excluding tert-OH is 1. The van der Waals surface area contributed by atoms with Crippen molar-refractivity contribution in [2.45, 2.75) is 30.9 Å². The number of hydrogen-bond acceptors (Lipinski definition) is 7. The number of pyridine rings is 1. The maximum atomic E-state index is 13.5. The fourth-order valence-corrected chi connectivity index (χ4v) is 5.02. The number of benzene rings is 1. The lowest BCUT2D eigenvalue weighted by Crippen LogP contribution is -2.50. The maximum absolute atomic E-state index is 13.5. The van der Waals surface area contributed by atoms with Gasteiger partial charge >= 0.3 is 0 Å². The monoisotopic (exact) mass is 514 g/mol. The van der Waals surface area contributed by atoms with Gasteiger partial charge in [0.1, 0.15) is 11.7 Å². The average molecular weight is 515 g/mol. The van der Waals surface area contributed by atoms with E-state index in [1.165, 1.54) is 11.4 Å². The third-order valence-corrected chi connectivity index (χ3v) is 7.88. The van der Waals surface area contributed by atoms with E-state index in [1.807, 2.05) is 25.9 Å². The first-order valence-corrected chi connectivity index (χ1v) is 13.2. The second-order valence-corrected chi connectivity index (χ2v) is 11.4. The Morgan fingerprint density at radius 2 is 1.94 bits per heavy atom. The zero-order valence-electron chi connectivity index (χ0n) is 21.4. The lowest BCUT2D eigenvalue weighted by atomic mass is 10.0. The molecule has 10 heteroatoms. The van der Waals surface area contributed by atoms with Crippen LogP contribution in [-0.2, 0) is 10.0 Å². The van der Waals surface area contributed by atoms with E-state index >= 15 is 0 Å². The van der Waals surface area contributed by atoms with Crippen LogP contribution in [-0.4, -0.2) is 98.1 Å². The molecule has 1 N–H and O–H groups in total. The standard InChI is InChI=1S/C26H34N4O5S/c1-19-16-30(20(2)18-31)26(32)23-14-21(10-9-13-28(3)4)15-27-25(23)35-24(19)17-29(5)36(33,34)22-11-7-6-8-12-22/h6-8,11-12,14-15,19-20,24,31H,13,16-18H2,1-5H3/t19-,20+,24+/m1/s1. The highest BCUT2D eigenvalue weighted by Gasteiger charge is 2.35. The van der Waals surface area contributed by atoms with Crippen LogP contribution in [0.1, 0.15) is 29.8 Å². The SMILES string of the molecule is C[C@@H]1CN([C@@H](C)CO)C(=O)c2cc(C#CCN(C)C)cnc2O[C@H]1CN(C)S(=O)(=O)c1ccccc1. The van der Waals surface area contributed by atoms with Crippen LogP contribution in [0.2, 0.25) is 0 Å². The van der Waals surface area contributed by atoms with E-state index in [1.54, 1.807) is 54.4 Å². The van der Waals surface area contributed by atoms with Crippen molar-refractivity contribution >= 4 is 15.9 Å². The summed E-state index contributed by atoms with van der Waals surface area (Å²) in [4.78, 5) is 21.6. The second-order valence-electron chi connectivity index (χ2n) is 9.34. The first kappa shape index (κ1) is 27.6. The molecule has 0 radical (unpaired) electrons. The molecule has 0 unspecified atom stereocenters. The number of nitrogens with zero attached hydrogens (tertiary/aromatic N) is 4. The molecule has 1 amide bonds. The van der Waals surface area contributed by atoms with Crippen molar-refractivity contribution in [1.82, 2.24) is 19.1 Å². The summed E-state index contributed by atoms with van der Waals surface area (Å²) < 4.78 is 33.7. The number of fused-ring (bicyclic) bond motifs is 1. The Balaban J connectivity index is 1.97. The summed E-state index contributed by atoms with van der Waals surface area (Å²) in [5.74, 6) is 5.60. The molecule has 0 spiro atoms. The summed E-state index contributed by atoms with van der Waals surface area (Å²) in [6.07, 6.45) is 0.953. The van der Waals surface area contributed by atoms with Gasteiger partial charge in [0.2, 0.25) is 15.9 Å². The number of ether oxygens (including phenoxy) is 1. The number of carbonyl (C=O) groups excluding carboxylic acids is 1. The highest BCUT2D eigenvalue weighted by atomic mass is 32.2. The summed E-state index contributed by atoms with van der Waals surface area (Å²) in [5, 5.41) is 9.81. The van der Waals surface area contributed by atoms with Crippen molar-refractivity contribution in [3.05, 3.63) is 53.7 Å². The maximum Gasteiger partial charge on any atom is 0.259 e. The van der Waals surface area contributed by atoms with Crippen LogP contribution in [0.5, 0.6) is 5.88 Å². The van der Waals surface area contributed by atoms with Gasteiger partial charge in [-0.2, -0.15) is 4.31 Å². The third-order valence-electron chi connectivity index (χ3n) is 6.04. The van der Waals surface area contributed by atoms with E-state index in [0.717, 1.165) is 0 Å². The van der Waals surface area contributed by atoms with E-state index in [2.05, 4.69) is 16.8 Å². The molecule has 9 nitrogen and oxygen atoms in total. The van der Waals surface area contributed by atoms with Crippen LogP contribution < -0.4 is 4.74 Å². The number of carbonyl (C=O) groups is 1. The van der Waals surface area contributed by atoms with E-state index in [4.69, 9.17) is 4.74 Å². The van der Waals surface area contributed by atoms with Crippen LogP contribution in [0.3, 0.4) is 0 Å². The van der Waals surface area contributed by atoms with Gasteiger partial charge in [0.15, 0.2) is 0 Å². The summed E-state index contributed by atoms with van der Waals surface area (Å²) >= 11 is 0. The largest absolute Gasteiger partial charge is 0.472 e. The number of aromatic nitrogens is 1. The minimum atomic E-state index is -3.74. The van der Waals surface area contributed by atoms with E-state index in [0.29, 0.717) is 12.1 Å². The van der Waals surface area contributed by atoms with Gasteiger partial charge in [-0.1, -0.05) is 37.0 Å². The number of hydrogen-bond donors (Lipinski definition) is 1. The van der Waals surface area contributed by atoms with E-state index < -0.39 is 22.2 Å². The average Bonchev–Trinajstić information content (AvgIpc) is 2.86. The van der Waals surface area contributed by atoms with Crippen LogP contribution in [0.15, 0.2) is 47.5 Å². The second kappa shape index (κ2) is 11.8. The van der Waals surface area contributed by atoms with Crippen LogP contribution in [0.4, 0.5) is 0 Å². The van der Waals surface area contributed by atoms with Crippen molar-refractivity contribution in [2.75, 3.05) is 47.4 Å². The van der Waals surface area contributed by atoms with Gasteiger partial charge in [-0.05, 0) is 39.2 Å². The molecule has 0 bridgehead atoms. The molecule has 1 aromatic heterocycles. The summed E-state index contributed by atoms with van der Waals surface area (Å²) in [6.45, 7) is 4.33. The van der Waals surface area contributed by atoms with Gasteiger partial charge in [-0.25, -0.2) is 13.4 Å². The Kier molecular flexibility index (Phi) is 9.08. The van der Waals surface area contributed by atoms with Crippen LogP contribution >= 0.6 is 0 Å². The summed E-state index contributed by atoms with van der Waals surface area (Å²) in [7, 11) is 1.59. The predicted molar refractivity (Wildman–Crippen MR) is 137 cm³/mol. The highest BCUT2D eigenvalue weighted by molar-refractivity contribution is 7.89. The van der Waals surface area contributed by atoms with Gasteiger partial charge in [0.25, 0.3) is 5.91 Å². The summed E-state index contributed by atoms with van der Waals surface area (Å²) in [5.41, 5.74) is 0.801. The molecule has 3 rings (SSSR count). The molecular weight excluding hydrogens is 480 g/mol. The first-order valence-electron chi connectivity index (χ1n) is 11.8. The Morgan fingerprint density at radius 3 is 2.58 bits per heavy atom. The number of aliphatic hydroxyl groups is 1. The molecular formula is C26H34N4O5S. The zero-order chi connectivity index (χ0) is 26.5. The molecule has 1 aliphatic heterocycles. The fraction of sp³-hybridized carbons (Fsp3) is 0.462. The highest BCUT2D eigenvalue weighted by Crippen LogP contribution is 2.28. The number of likely N-dealkylation sites (N-methyl/N-ethyl adjacent to an activating group) is 1. The molecule has 0 saturated heterocycles. The topological polar surface area (TPSA) is 103 Å². The van der Waals surface area contributed by atoms with Gasteiger partial charge in [-0.3, -0.25) is 9.69 Å². The van der Waals surface area contributed by atoms with Crippen molar-refractivity contribution in [2.24, 2.45) is 5.92 Å². The number of sulfonamides is 1. The van der Waals surface area contributed by atoms with Gasteiger partial charge in [0, 0.05) is 31.3 Å². The molecule has 194 valence electrons. The minimum Gasteiger partial charge on any atom is -0.472 e. The third kappa shape index (κ3) is 6.42. The van der Waals surface area contributed by atoms with Gasteiger partial charge in [0.05, 0.1) is 30.6 Å². The molecule has 0 saturated carbocycles.